The topological polar surface area (TPSA) is 64.3 Å². The van der Waals surface area contributed by atoms with E-state index in [2.05, 4.69) is 10.1 Å². The molecule has 0 saturated carbocycles. The Morgan fingerprint density at radius 3 is 2.42 bits per heavy atom. The van der Waals surface area contributed by atoms with Gasteiger partial charge in [-0.15, -0.1) is 12.4 Å². The average molecular weight is 195 g/mol. The summed E-state index contributed by atoms with van der Waals surface area (Å²) < 4.78 is 4.60. The van der Waals surface area contributed by atoms with Gasteiger partial charge in [-0.1, -0.05) is 0 Å². The molecule has 1 aliphatic rings. The summed E-state index contributed by atoms with van der Waals surface area (Å²) in [5.41, 5.74) is 5.06. The Bertz CT molecular complexity index is 157. The fourth-order valence-corrected chi connectivity index (χ4v) is 1.28. The molecular formula is C7H15ClN2O2. The molecular weight excluding hydrogens is 180 g/mol. The van der Waals surface area contributed by atoms with Crippen molar-refractivity contribution in [2.75, 3.05) is 20.2 Å². The lowest BCUT2D eigenvalue weighted by atomic mass is 9.90. The lowest BCUT2D eigenvalue weighted by molar-refractivity contribution is -0.148. The molecule has 0 aromatic rings. The second-order valence-corrected chi connectivity index (χ2v) is 2.90. The van der Waals surface area contributed by atoms with Gasteiger partial charge in [0.2, 0.25) is 0 Å². The van der Waals surface area contributed by atoms with Crippen molar-refractivity contribution in [3.63, 3.8) is 0 Å². The molecule has 0 unspecified atom stereocenters. The van der Waals surface area contributed by atoms with Gasteiger partial charge >= 0.3 is 5.97 Å². The predicted octanol–water partition coefficient (Wildman–Crippen LogP) is -0.338. The lowest BCUT2D eigenvalue weighted by Crippen LogP contribution is -2.55. The molecule has 0 amide bonds. The van der Waals surface area contributed by atoms with E-state index in [4.69, 9.17) is 5.73 Å². The van der Waals surface area contributed by atoms with E-state index in [0.717, 1.165) is 13.1 Å². The molecule has 4 nitrogen and oxygen atoms in total. The second kappa shape index (κ2) is 4.64. The fourth-order valence-electron chi connectivity index (χ4n) is 1.28. The van der Waals surface area contributed by atoms with Crippen LogP contribution in [0.15, 0.2) is 0 Å². The number of carbonyl (C=O) groups is 1. The van der Waals surface area contributed by atoms with Crippen molar-refractivity contribution in [2.45, 2.75) is 18.4 Å². The number of carbonyl (C=O) groups excluding carboxylic acids is 1. The molecule has 0 aliphatic carbocycles. The summed E-state index contributed by atoms with van der Waals surface area (Å²) in [6, 6.07) is 0. The van der Waals surface area contributed by atoms with Gasteiger partial charge in [-0.25, -0.2) is 0 Å². The maximum atomic E-state index is 11.1. The van der Waals surface area contributed by atoms with Crippen molar-refractivity contribution in [3.8, 4) is 0 Å². The first-order chi connectivity index (χ1) is 5.19. The molecule has 0 bridgehead atoms. The van der Waals surface area contributed by atoms with Gasteiger partial charge in [0.05, 0.1) is 7.11 Å². The van der Waals surface area contributed by atoms with Crippen molar-refractivity contribution in [2.24, 2.45) is 5.73 Å². The molecule has 1 fully saturated rings. The van der Waals surface area contributed by atoms with Crippen LogP contribution in [-0.2, 0) is 9.53 Å². The van der Waals surface area contributed by atoms with Crippen molar-refractivity contribution in [1.29, 1.82) is 0 Å². The molecule has 1 heterocycles. The van der Waals surface area contributed by atoms with Crippen LogP contribution in [0.3, 0.4) is 0 Å². The third-order valence-electron chi connectivity index (χ3n) is 2.09. The van der Waals surface area contributed by atoms with Crippen LogP contribution >= 0.6 is 12.4 Å². The molecule has 0 aromatic heterocycles. The number of nitrogens with two attached hydrogens (primary N) is 1. The number of halogens is 1. The zero-order chi connectivity index (χ0) is 8.32. The molecule has 1 saturated heterocycles. The van der Waals surface area contributed by atoms with Gasteiger partial charge in [-0.2, -0.15) is 0 Å². The van der Waals surface area contributed by atoms with Crippen molar-refractivity contribution in [3.05, 3.63) is 0 Å². The first-order valence-electron chi connectivity index (χ1n) is 3.77. The van der Waals surface area contributed by atoms with Gasteiger partial charge in [0.25, 0.3) is 0 Å². The standard InChI is InChI=1S/C7H14N2O2.ClH/c1-11-6(10)7(8)2-4-9-5-3-7;/h9H,2-5,8H2,1H3;1H. The second-order valence-electron chi connectivity index (χ2n) is 2.90. The number of ether oxygens (including phenoxy) is 1. The Labute approximate surface area is 78.2 Å². The Hall–Kier alpha value is -0.320. The predicted molar refractivity (Wildman–Crippen MR) is 48.3 cm³/mol. The van der Waals surface area contributed by atoms with Crippen LogP contribution in [0.5, 0.6) is 0 Å². The molecule has 1 aliphatic heterocycles. The summed E-state index contributed by atoms with van der Waals surface area (Å²) >= 11 is 0. The van der Waals surface area contributed by atoms with Crippen LogP contribution in [-0.4, -0.2) is 31.7 Å². The summed E-state index contributed by atoms with van der Waals surface area (Å²) in [6.07, 6.45) is 1.33. The number of hydrogen-bond donors (Lipinski definition) is 2. The molecule has 0 spiro atoms. The van der Waals surface area contributed by atoms with E-state index in [0.29, 0.717) is 12.8 Å². The Balaban J connectivity index is 0.00000121. The van der Waals surface area contributed by atoms with E-state index in [1.807, 2.05) is 0 Å². The van der Waals surface area contributed by atoms with Crippen molar-refractivity contribution >= 4 is 18.4 Å². The minimum absolute atomic E-state index is 0. The minimum atomic E-state index is -0.736. The largest absolute Gasteiger partial charge is 0.468 e. The van der Waals surface area contributed by atoms with E-state index in [9.17, 15) is 4.79 Å². The zero-order valence-corrected chi connectivity index (χ0v) is 7.95. The zero-order valence-electron chi connectivity index (χ0n) is 7.13. The third-order valence-corrected chi connectivity index (χ3v) is 2.09. The van der Waals surface area contributed by atoms with Crippen LogP contribution in [0.2, 0.25) is 0 Å². The maximum absolute atomic E-state index is 11.1. The van der Waals surface area contributed by atoms with Crippen LogP contribution in [0.1, 0.15) is 12.8 Å². The maximum Gasteiger partial charge on any atom is 0.325 e. The van der Waals surface area contributed by atoms with Crippen LogP contribution in [0.25, 0.3) is 0 Å². The highest BCUT2D eigenvalue weighted by Crippen LogP contribution is 2.15. The lowest BCUT2D eigenvalue weighted by Gasteiger charge is -2.30. The molecule has 5 heteroatoms. The van der Waals surface area contributed by atoms with Gasteiger partial charge in [0, 0.05) is 0 Å². The number of piperidine rings is 1. The molecule has 1 rings (SSSR count). The molecule has 72 valence electrons. The quantitative estimate of drug-likeness (QED) is 0.561. The Morgan fingerprint density at radius 2 is 2.00 bits per heavy atom. The van der Waals surface area contributed by atoms with Crippen LogP contribution in [0, 0.1) is 0 Å². The fraction of sp³-hybridized carbons (Fsp3) is 0.857. The Kier molecular flexibility index (Phi) is 4.52. The average Bonchev–Trinajstić information content (AvgIpc) is 2.04. The molecule has 0 radical (unpaired) electrons. The van der Waals surface area contributed by atoms with Crippen LogP contribution < -0.4 is 11.1 Å². The summed E-state index contributed by atoms with van der Waals surface area (Å²) in [5, 5.41) is 3.13. The monoisotopic (exact) mass is 194 g/mol. The molecule has 12 heavy (non-hydrogen) atoms. The first kappa shape index (κ1) is 11.7. The van der Waals surface area contributed by atoms with E-state index in [1.54, 1.807) is 0 Å². The number of hydrogen-bond acceptors (Lipinski definition) is 4. The smallest absolute Gasteiger partial charge is 0.325 e. The van der Waals surface area contributed by atoms with E-state index >= 15 is 0 Å². The molecule has 3 N–H and O–H groups in total. The van der Waals surface area contributed by atoms with Gasteiger partial charge in [-0.3, -0.25) is 4.79 Å². The van der Waals surface area contributed by atoms with Crippen LogP contribution in [0.4, 0.5) is 0 Å². The highest BCUT2D eigenvalue weighted by Gasteiger charge is 2.36. The Morgan fingerprint density at radius 1 is 1.50 bits per heavy atom. The normalized spacial score (nSPS) is 20.8. The van der Waals surface area contributed by atoms with E-state index in [-0.39, 0.29) is 18.4 Å². The third kappa shape index (κ3) is 2.33. The first-order valence-corrected chi connectivity index (χ1v) is 3.77. The molecule has 0 atom stereocenters. The number of esters is 1. The summed E-state index contributed by atoms with van der Waals surface area (Å²) in [5.74, 6) is -0.293. The van der Waals surface area contributed by atoms with Gasteiger partial charge in [-0.05, 0) is 25.9 Å². The number of nitrogens with one attached hydrogen (secondary N) is 1. The number of rotatable bonds is 1. The summed E-state index contributed by atoms with van der Waals surface area (Å²) in [7, 11) is 1.37. The minimum Gasteiger partial charge on any atom is -0.468 e. The van der Waals surface area contributed by atoms with Gasteiger partial charge in [0.1, 0.15) is 5.54 Å². The van der Waals surface area contributed by atoms with E-state index in [1.165, 1.54) is 7.11 Å². The van der Waals surface area contributed by atoms with Gasteiger partial charge in [0.15, 0.2) is 0 Å². The van der Waals surface area contributed by atoms with E-state index < -0.39 is 5.54 Å². The highest BCUT2D eigenvalue weighted by molar-refractivity contribution is 5.85. The SMILES string of the molecule is COC(=O)C1(N)CCNCC1.Cl. The van der Waals surface area contributed by atoms with Crippen molar-refractivity contribution in [1.82, 2.24) is 5.32 Å². The molecule has 0 aromatic carbocycles. The highest BCUT2D eigenvalue weighted by atomic mass is 35.5. The van der Waals surface area contributed by atoms with Crippen molar-refractivity contribution < 1.29 is 9.53 Å². The number of methoxy groups -OCH3 is 1. The summed E-state index contributed by atoms with van der Waals surface area (Å²) in [4.78, 5) is 11.1. The summed E-state index contributed by atoms with van der Waals surface area (Å²) in [6.45, 7) is 1.59. The van der Waals surface area contributed by atoms with Gasteiger partial charge < -0.3 is 15.8 Å².